The maximum Gasteiger partial charge on any atom is 0.225 e. The first-order valence-electron chi connectivity index (χ1n) is 7.01. The molecule has 1 aliphatic rings. The van der Waals surface area contributed by atoms with E-state index in [0.29, 0.717) is 41.4 Å². The van der Waals surface area contributed by atoms with Crippen LogP contribution >= 0.6 is 23.2 Å². The van der Waals surface area contributed by atoms with Crippen LogP contribution in [0.25, 0.3) is 0 Å². The molecule has 0 bridgehead atoms. The van der Waals surface area contributed by atoms with Crippen molar-refractivity contribution in [2.45, 2.75) is 31.8 Å². The molecule has 4 nitrogen and oxygen atoms in total. The lowest BCUT2D eigenvalue weighted by Crippen LogP contribution is -2.23. The molecule has 1 aromatic carbocycles. The maximum absolute atomic E-state index is 11.6. The average Bonchev–Trinajstić information content (AvgIpc) is 3.22. The lowest BCUT2D eigenvalue weighted by Gasteiger charge is -2.15. The predicted octanol–water partition coefficient (Wildman–Crippen LogP) is 3.10. The summed E-state index contributed by atoms with van der Waals surface area (Å²) in [5.41, 5.74) is 0.928. The van der Waals surface area contributed by atoms with E-state index in [0.717, 1.165) is 5.56 Å². The van der Waals surface area contributed by atoms with Crippen LogP contribution in [0.1, 0.15) is 24.8 Å². The molecular formula is C15H20Cl2N2O2. The summed E-state index contributed by atoms with van der Waals surface area (Å²) in [6, 6.07) is 4.10. The highest BCUT2D eigenvalue weighted by atomic mass is 35.5. The van der Waals surface area contributed by atoms with Gasteiger partial charge in [-0.3, -0.25) is 4.79 Å². The second kappa shape index (κ2) is 7.34. The number of benzene rings is 1. The fourth-order valence-electron chi connectivity index (χ4n) is 1.91. The Morgan fingerprint density at radius 2 is 2.10 bits per heavy atom. The van der Waals surface area contributed by atoms with E-state index >= 15 is 0 Å². The van der Waals surface area contributed by atoms with Gasteiger partial charge in [-0.25, -0.2) is 0 Å². The van der Waals surface area contributed by atoms with E-state index in [2.05, 4.69) is 5.32 Å². The normalized spacial score (nSPS) is 14.1. The molecular weight excluding hydrogens is 311 g/mol. The van der Waals surface area contributed by atoms with Crippen LogP contribution in [0.2, 0.25) is 10.0 Å². The van der Waals surface area contributed by atoms with E-state index in [1.54, 1.807) is 25.1 Å². The van der Waals surface area contributed by atoms with Crippen LogP contribution < -0.4 is 10.1 Å². The molecule has 1 fully saturated rings. The molecule has 1 aromatic rings. The summed E-state index contributed by atoms with van der Waals surface area (Å²) >= 11 is 12.3. The van der Waals surface area contributed by atoms with Gasteiger partial charge >= 0.3 is 0 Å². The van der Waals surface area contributed by atoms with E-state index in [9.17, 15) is 4.79 Å². The van der Waals surface area contributed by atoms with Crippen LogP contribution in [0.3, 0.4) is 0 Å². The van der Waals surface area contributed by atoms with Gasteiger partial charge in [-0.15, -0.1) is 0 Å². The summed E-state index contributed by atoms with van der Waals surface area (Å²) in [6.45, 7) is 0.969. The minimum Gasteiger partial charge on any atom is -0.491 e. The van der Waals surface area contributed by atoms with Crippen molar-refractivity contribution in [1.29, 1.82) is 0 Å². The zero-order valence-corrected chi connectivity index (χ0v) is 13.8. The predicted molar refractivity (Wildman–Crippen MR) is 85.1 cm³/mol. The van der Waals surface area contributed by atoms with Gasteiger partial charge in [0, 0.05) is 37.3 Å². The highest BCUT2D eigenvalue weighted by Gasteiger charge is 2.21. The Hall–Kier alpha value is -0.970. The fraction of sp³-hybridized carbons (Fsp3) is 0.533. The molecule has 6 heteroatoms. The van der Waals surface area contributed by atoms with Gasteiger partial charge in [0.2, 0.25) is 5.91 Å². The van der Waals surface area contributed by atoms with Gasteiger partial charge in [0.15, 0.2) is 0 Å². The smallest absolute Gasteiger partial charge is 0.225 e. The number of hydrogen-bond acceptors (Lipinski definition) is 3. The number of halogens is 2. The van der Waals surface area contributed by atoms with Gasteiger partial charge in [0.25, 0.3) is 0 Å². The number of amides is 1. The van der Waals surface area contributed by atoms with Crippen molar-refractivity contribution < 1.29 is 9.53 Å². The zero-order valence-electron chi connectivity index (χ0n) is 12.3. The Morgan fingerprint density at radius 1 is 1.38 bits per heavy atom. The summed E-state index contributed by atoms with van der Waals surface area (Å²) in [5, 5.41) is 4.48. The number of ether oxygens (including phenoxy) is 1. The van der Waals surface area contributed by atoms with E-state index < -0.39 is 0 Å². The van der Waals surface area contributed by atoms with Gasteiger partial charge in [-0.1, -0.05) is 23.2 Å². The summed E-state index contributed by atoms with van der Waals surface area (Å²) < 4.78 is 5.72. The van der Waals surface area contributed by atoms with Gasteiger partial charge in [-0.05, 0) is 25.0 Å². The minimum atomic E-state index is 0.0257. The second-order valence-electron chi connectivity index (χ2n) is 5.42. The molecule has 2 rings (SSSR count). The SMILES string of the molecule is CN(C)C(=O)CCOc1c(Cl)cc(Cl)cc1CNC1CC1. The van der Waals surface area contributed by atoms with Crippen molar-refractivity contribution in [3.63, 3.8) is 0 Å². The van der Waals surface area contributed by atoms with Crippen LogP contribution in [0.4, 0.5) is 0 Å². The van der Waals surface area contributed by atoms with Crippen LogP contribution in [0, 0.1) is 0 Å². The largest absolute Gasteiger partial charge is 0.491 e. The molecule has 1 aliphatic carbocycles. The monoisotopic (exact) mass is 330 g/mol. The van der Waals surface area contributed by atoms with Crippen LogP contribution in [0.5, 0.6) is 5.75 Å². The number of carbonyl (C=O) groups excluding carboxylic acids is 1. The van der Waals surface area contributed by atoms with E-state index in [1.165, 1.54) is 12.8 Å². The second-order valence-corrected chi connectivity index (χ2v) is 6.26. The van der Waals surface area contributed by atoms with Crippen LogP contribution in [0.15, 0.2) is 12.1 Å². The Bertz CT molecular complexity index is 517. The van der Waals surface area contributed by atoms with Gasteiger partial charge in [0.1, 0.15) is 5.75 Å². The molecule has 1 N–H and O–H groups in total. The van der Waals surface area contributed by atoms with Crippen LogP contribution in [-0.4, -0.2) is 37.6 Å². The number of nitrogens with zero attached hydrogens (tertiary/aromatic N) is 1. The lowest BCUT2D eigenvalue weighted by molar-refractivity contribution is -0.129. The van der Waals surface area contributed by atoms with Gasteiger partial charge in [-0.2, -0.15) is 0 Å². The molecule has 21 heavy (non-hydrogen) atoms. The average molecular weight is 331 g/mol. The standard InChI is InChI=1S/C15H20Cl2N2O2/c1-19(2)14(20)5-6-21-15-10(9-18-12-3-4-12)7-11(16)8-13(15)17/h7-8,12,18H,3-6,9H2,1-2H3. The third-order valence-corrected chi connectivity index (χ3v) is 3.80. The van der Waals surface area contributed by atoms with E-state index in [4.69, 9.17) is 27.9 Å². The van der Waals surface area contributed by atoms with Crippen molar-refractivity contribution >= 4 is 29.1 Å². The molecule has 0 aromatic heterocycles. The van der Waals surface area contributed by atoms with Crippen molar-refractivity contribution in [2.75, 3.05) is 20.7 Å². The van der Waals surface area contributed by atoms with Crippen molar-refractivity contribution in [1.82, 2.24) is 10.2 Å². The molecule has 0 aliphatic heterocycles. The molecule has 0 unspecified atom stereocenters. The molecule has 0 spiro atoms. The highest BCUT2D eigenvalue weighted by Crippen LogP contribution is 2.33. The first kappa shape index (κ1) is 16.4. The highest BCUT2D eigenvalue weighted by molar-refractivity contribution is 6.35. The number of carbonyl (C=O) groups is 1. The van der Waals surface area contributed by atoms with E-state index in [1.807, 2.05) is 6.07 Å². The quantitative estimate of drug-likeness (QED) is 0.835. The summed E-state index contributed by atoms with van der Waals surface area (Å²) in [4.78, 5) is 13.1. The van der Waals surface area contributed by atoms with E-state index in [-0.39, 0.29) is 5.91 Å². The molecule has 0 radical (unpaired) electrons. The Balaban J connectivity index is 1.99. The molecule has 1 saturated carbocycles. The van der Waals surface area contributed by atoms with Crippen molar-refractivity contribution in [2.24, 2.45) is 0 Å². The molecule has 0 atom stereocenters. The summed E-state index contributed by atoms with van der Waals surface area (Å²) in [7, 11) is 3.45. The summed E-state index contributed by atoms with van der Waals surface area (Å²) in [5.74, 6) is 0.638. The topological polar surface area (TPSA) is 41.6 Å². The number of hydrogen-bond donors (Lipinski definition) is 1. The zero-order chi connectivity index (χ0) is 15.4. The maximum atomic E-state index is 11.6. The van der Waals surface area contributed by atoms with Gasteiger partial charge in [0.05, 0.1) is 18.1 Å². The van der Waals surface area contributed by atoms with Crippen molar-refractivity contribution in [3.05, 3.63) is 27.7 Å². The minimum absolute atomic E-state index is 0.0257. The number of nitrogens with one attached hydrogen (secondary N) is 1. The third-order valence-electron chi connectivity index (χ3n) is 3.30. The van der Waals surface area contributed by atoms with Crippen molar-refractivity contribution in [3.8, 4) is 5.75 Å². The fourth-order valence-corrected chi connectivity index (χ4v) is 2.50. The number of rotatable bonds is 7. The molecule has 0 saturated heterocycles. The summed E-state index contributed by atoms with van der Waals surface area (Å²) in [6.07, 6.45) is 2.74. The Morgan fingerprint density at radius 3 is 2.71 bits per heavy atom. The first-order chi connectivity index (χ1) is 9.97. The third kappa shape index (κ3) is 5.06. The molecule has 116 valence electrons. The Labute approximate surface area is 135 Å². The van der Waals surface area contributed by atoms with Gasteiger partial charge < -0.3 is 15.0 Å². The Kier molecular flexibility index (Phi) is 5.73. The first-order valence-corrected chi connectivity index (χ1v) is 7.77. The lowest BCUT2D eigenvalue weighted by atomic mass is 10.2. The molecule has 0 heterocycles. The molecule has 1 amide bonds. The van der Waals surface area contributed by atoms with Crippen LogP contribution in [-0.2, 0) is 11.3 Å².